The first-order chi connectivity index (χ1) is 4.37. The van der Waals surface area contributed by atoms with Gasteiger partial charge in [-0.15, -0.1) is 24.8 Å². The average molecular weight is 221 g/mol. The summed E-state index contributed by atoms with van der Waals surface area (Å²) >= 11 is 0. The smallest absolute Gasteiger partial charge is 0.0571 e. The molecule has 4 N–H and O–H groups in total. The third-order valence-corrected chi connectivity index (χ3v) is 2.12. The molecule has 0 aliphatic heterocycles. The summed E-state index contributed by atoms with van der Waals surface area (Å²) in [7, 11) is 0. The van der Waals surface area contributed by atoms with E-state index in [2.05, 4.69) is 11.0 Å². The molecule has 4 nitrogen and oxygen atoms in total. The molecule has 0 saturated heterocycles. The molecular formula is C6H18Cl2N2O2. The second-order valence-corrected chi connectivity index (χ2v) is 3.47. The molecular weight excluding hydrogens is 203 g/mol. The van der Waals surface area contributed by atoms with Crippen molar-refractivity contribution in [2.45, 2.75) is 38.8 Å². The molecule has 78 valence electrons. The highest BCUT2D eigenvalue weighted by Gasteiger charge is 2.36. The third kappa shape index (κ3) is 3.89. The van der Waals surface area contributed by atoms with Crippen molar-refractivity contribution < 1.29 is 10.4 Å². The number of nitrogens with one attached hydrogen (secondary N) is 2. The van der Waals surface area contributed by atoms with E-state index in [1.54, 1.807) is 27.7 Å². The molecule has 0 saturated carbocycles. The minimum absolute atomic E-state index is 0. The quantitative estimate of drug-likeness (QED) is 0.543. The fourth-order valence-electron chi connectivity index (χ4n) is 0.280. The molecule has 0 bridgehead atoms. The van der Waals surface area contributed by atoms with Crippen LogP contribution in [0.5, 0.6) is 0 Å². The molecule has 6 heteroatoms. The molecule has 0 unspecified atom stereocenters. The van der Waals surface area contributed by atoms with E-state index in [4.69, 9.17) is 10.4 Å². The van der Waals surface area contributed by atoms with Crippen molar-refractivity contribution in [1.29, 1.82) is 0 Å². The van der Waals surface area contributed by atoms with Crippen LogP contribution < -0.4 is 11.0 Å². The summed E-state index contributed by atoms with van der Waals surface area (Å²) in [5.74, 6) is 0. The Kier molecular flexibility index (Phi) is 9.07. The van der Waals surface area contributed by atoms with Gasteiger partial charge in [-0.25, -0.2) is 0 Å². The van der Waals surface area contributed by atoms with E-state index >= 15 is 0 Å². The summed E-state index contributed by atoms with van der Waals surface area (Å²) in [4.78, 5) is 0. The minimum atomic E-state index is -0.568. The molecule has 0 aliphatic rings. The Morgan fingerprint density at radius 3 is 1.00 bits per heavy atom. The lowest BCUT2D eigenvalue weighted by Gasteiger charge is -2.38. The molecule has 12 heavy (non-hydrogen) atoms. The zero-order valence-electron chi connectivity index (χ0n) is 7.71. The van der Waals surface area contributed by atoms with Crippen molar-refractivity contribution in [2.24, 2.45) is 0 Å². The van der Waals surface area contributed by atoms with Gasteiger partial charge in [-0.1, -0.05) is 0 Å². The topological polar surface area (TPSA) is 64.5 Å². The fraction of sp³-hybridized carbons (Fsp3) is 1.00. The van der Waals surface area contributed by atoms with Gasteiger partial charge in [0.1, 0.15) is 0 Å². The summed E-state index contributed by atoms with van der Waals surface area (Å²) in [6, 6.07) is 0. The molecule has 0 heterocycles. The average Bonchev–Trinajstić information content (AvgIpc) is 1.88. The molecule has 0 aromatic rings. The fourth-order valence-corrected chi connectivity index (χ4v) is 0.280. The summed E-state index contributed by atoms with van der Waals surface area (Å²) in [5.41, 5.74) is 3.08. The predicted octanol–water partition coefficient (Wildman–Crippen LogP) is 1.34. The van der Waals surface area contributed by atoms with Gasteiger partial charge in [-0.2, -0.15) is 11.0 Å². The first-order valence-electron chi connectivity index (χ1n) is 3.20. The summed E-state index contributed by atoms with van der Waals surface area (Å²) < 4.78 is 0. The van der Waals surface area contributed by atoms with Crippen LogP contribution in [0.1, 0.15) is 27.7 Å². The van der Waals surface area contributed by atoms with Crippen molar-refractivity contribution in [1.82, 2.24) is 11.0 Å². The zero-order chi connectivity index (χ0) is 8.41. The van der Waals surface area contributed by atoms with Gasteiger partial charge in [0.25, 0.3) is 0 Å². The van der Waals surface area contributed by atoms with Crippen molar-refractivity contribution in [2.75, 3.05) is 0 Å². The maximum absolute atomic E-state index is 8.66. The molecule has 0 amide bonds. The maximum atomic E-state index is 8.66. The Balaban J connectivity index is -0.000000405. The van der Waals surface area contributed by atoms with E-state index in [0.717, 1.165) is 0 Å². The summed E-state index contributed by atoms with van der Waals surface area (Å²) in [6.07, 6.45) is 0. The summed E-state index contributed by atoms with van der Waals surface area (Å²) in [5, 5.41) is 17.3. The maximum Gasteiger partial charge on any atom is 0.0571 e. The van der Waals surface area contributed by atoms with Crippen LogP contribution in [-0.4, -0.2) is 21.5 Å². The van der Waals surface area contributed by atoms with Gasteiger partial charge >= 0.3 is 0 Å². The largest absolute Gasteiger partial charge is 0.316 e. The highest BCUT2D eigenvalue weighted by Crippen LogP contribution is 2.18. The van der Waals surface area contributed by atoms with Gasteiger partial charge in [-0.3, -0.25) is 0 Å². The van der Waals surface area contributed by atoms with Crippen LogP contribution in [0.4, 0.5) is 0 Å². The number of hydrogen-bond acceptors (Lipinski definition) is 4. The second-order valence-electron chi connectivity index (χ2n) is 3.47. The van der Waals surface area contributed by atoms with Gasteiger partial charge in [0, 0.05) is 0 Å². The molecule has 0 aromatic carbocycles. The van der Waals surface area contributed by atoms with Gasteiger partial charge in [0.15, 0.2) is 0 Å². The van der Waals surface area contributed by atoms with Crippen molar-refractivity contribution in [3.8, 4) is 0 Å². The second kappa shape index (κ2) is 5.96. The minimum Gasteiger partial charge on any atom is -0.316 e. The third-order valence-electron chi connectivity index (χ3n) is 2.12. The Morgan fingerprint density at radius 2 is 0.917 bits per heavy atom. The van der Waals surface area contributed by atoms with E-state index in [1.807, 2.05) is 0 Å². The number of rotatable bonds is 3. The number of halogens is 2. The van der Waals surface area contributed by atoms with Crippen LogP contribution in [0.25, 0.3) is 0 Å². The Bertz CT molecular complexity index is 106. The zero-order valence-corrected chi connectivity index (χ0v) is 9.34. The first kappa shape index (κ1) is 18.3. The SMILES string of the molecule is CC(C)(NO)C(C)(C)NO.Cl.Cl. The molecule has 0 radical (unpaired) electrons. The molecule has 0 rings (SSSR count). The molecule has 0 atom stereocenters. The Hall–Kier alpha value is 0.420. The Morgan fingerprint density at radius 1 is 0.750 bits per heavy atom. The van der Waals surface area contributed by atoms with Crippen molar-refractivity contribution in [3.05, 3.63) is 0 Å². The predicted molar refractivity (Wildman–Crippen MR) is 52.5 cm³/mol. The molecule has 0 aromatic heterocycles. The van der Waals surface area contributed by atoms with E-state index in [-0.39, 0.29) is 24.8 Å². The highest BCUT2D eigenvalue weighted by molar-refractivity contribution is 5.85. The van der Waals surface area contributed by atoms with Crippen molar-refractivity contribution in [3.63, 3.8) is 0 Å². The van der Waals surface area contributed by atoms with E-state index in [0.29, 0.717) is 0 Å². The first-order valence-corrected chi connectivity index (χ1v) is 3.20. The molecule has 0 fully saturated rings. The lowest BCUT2D eigenvalue weighted by atomic mass is 9.84. The summed E-state index contributed by atoms with van der Waals surface area (Å²) in [6.45, 7) is 7.10. The Labute approximate surface area is 85.5 Å². The van der Waals surface area contributed by atoms with Crippen LogP contribution in [0.2, 0.25) is 0 Å². The lowest BCUT2D eigenvalue weighted by molar-refractivity contribution is -0.0285. The van der Waals surface area contributed by atoms with Crippen molar-refractivity contribution >= 4 is 24.8 Å². The number of hydrogen-bond donors (Lipinski definition) is 4. The van der Waals surface area contributed by atoms with Gasteiger partial charge in [0.2, 0.25) is 0 Å². The van der Waals surface area contributed by atoms with E-state index in [9.17, 15) is 0 Å². The highest BCUT2D eigenvalue weighted by atomic mass is 35.5. The molecule has 0 spiro atoms. The van der Waals surface area contributed by atoms with Gasteiger partial charge in [-0.05, 0) is 27.7 Å². The van der Waals surface area contributed by atoms with Crippen LogP contribution in [-0.2, 0) is 0 Å². The lowest BCUT2D eigenvalue weighted by Crippen LogP contribution is -2.61. The normalized spacial score (nSPS) is 11.5. The molecule has 0 aliphatic carbocycles. The van der Waals surface area contributed by atoms with Gasteiger partial charge in [0.05, 0.1) is 11.1 Å². The standard InChI is InChI=1S/C6H16N2O2.2ClH/c1-5(2,7-9)6(3,4)8-10;;/h7-10H,1-4H3;2*1H. The van der Waals surface area contributed by atoms with E-state index < -0.39 is 11.1 Å². The van der Waals surface area contributed by atoms with Gasteiger partial charge < -0.3 is 10.4 Å². The number of hydroxylamine groups is 2. The van der Waals surface area contributed by atoms with E-state index in [1.165, 1.54) is 0 Å². The monoisotopic (exact) mass is 220 g/mol. The van der Waals surface area contributed by atoms with Crippen LogP contribution in [0.3, 0.4) is 0 Å². The van der Waals surface area contributed by atoms with Crippen LogP contribution in [0.15, 0.2) is 0 Å². The van der Waals surface area contributed by atoms with Crippen LogP contribution in [0, 0.1) is 0 Å². The van der Waals surface area contributed by atoms with Crippen LogP contribution >= 0.6 is 24.8 Å².